The second kappa shape index (κ2) is 38.7. The molecule has 0 aliphatic carbocycles. The molecule has 10 nitrogen and oxygen atoms in total. The largest absolute Gasteiger partial charge is 1.00 e. The number of aliphatic hydroxyl groups is 2. The van der Waals surface area contributed by atoms with Crippen molar-refractivity contribution in [3.8, 4) is 0 Å². The Balaban J connectivity index is 0. The number of unbranched alkanes of at least 4 members (excludes halogenated alkanes) is 24. The van der Waals surface area contributed by atoms with Gasteiger partial charge in [0.1, 0.15) is 12.7 Å². The minimum absolute atomic E-state index is 0. The molecule has 0 heterocycles. The maximum absolute atomic E-state index is 12.5. The molecule has 292 valence electrons. The van der Waals surface area contributed by atoms with Crippen LogP contribution in [-0.2, 0) is 32.7 Å². The number of ether oxygens (including phenoxy) is 2. The number of esters is 2. The molecule has 0 aromatic carbocycles. The molecule has 0 aromatic heterocycles. The molecule has 0 radical (unpaired) electrons. The van der Waals surface area contributed by atoms with E-state index in [-0.39, 0.29) is 49.0 Å². The predicted octanol–water partition coefficient (Wildman–Crippen LogP) is 6.26. The average Bonchev–Trinajstić information content (AvgIpc) is 3.09. The normalized spacial score (nSPS) is 13.7. The van der Waals surface area contributed by atoms with Gasteiger partial charge in [0.15, 0.2) is 6.10 Å². The van der Waals surface area contributed by atoms with Crippen LogP contribution in [0.3, 0.4) is 0 Å². The molecule has 0 saturated carbocycles. The molecular weight excluding hydrogens is 670 g/mol. The van der Waals surface area contributed by atoms with E-state index in [0.717, 1.165) is 38.5 Å². The summed E-state index contributed by atoms with van der Waals surface area (Å²) in [4.78, 5) is 37.0. The number of carbonyl (C=O) groups excluding carboxylic acids is 2. The van der Waals surface area contributed by atoms with Gasteiger partial charge in [0.2, 0.25) is 0 Å². The number of hydrogen-bond donors (Lipinski definition) is 2. The van der Waals surface area contributed by atoms with E-state index in [4.69, 9.17) is 19.1 Å². The first kappa shape index (κ1) is 52.1. The van der Waals surface area contributed by atoms with Crippen molar-refractivity contribution in [1.82, 2.24) is 0 Å². The van der Waals surface area contributed by atoms with E-state index in [2.05, 4.69) is 18.4 Å². The van der Waals surface area contributed by atoms with Gasteiger partial charge in [-0.1, -0.05) is 168 Å². The molecule has 0 amide bonds. The van der Waals surface area contributed by atoms with Gasteiger partial charge in [-0.2, -0.15) is 0 Å². The molecule has 0 aliphatic heterocycles. The third-order valence-electron chi connectivity index (χ3n) is 8.75. The van der Waals surface area contributed by atoms with Gasteiger partial charge in [-0.3, -0.25) is 14.2 Å². The Morgan fingerprint density at radius 2 is 0.900 bits per heavy atom. The molecule has 0 saturated heterocycles. The van der Waals surface area contributed by atoms with Crippen LogP contribution in [0.15, 0.2) is 0 Å². The molecule has 0 fully saturated rings. The van der Waals surface area contributed by atoms with E-state index in [0.29, 0.717) is 12.8 Å². The van der Waals surface area contributed by atoms with Gasteiger partial charge in [0, 0.05) is 12.8 Å². The smallest absolute Gasteiger partial charge is 0.756 e. The maximum Gasteiger partial charge on any atom is 1.00 e. The summed E-state index contributed by atoms with van der Waals surface area (Å²) in [6, 6.07) is 0. The second-order valence-electron chi connectivity index (χ2n) is 13.7. The van der Waals surface area contributed by atoms with Crippen LogP contribution in [0.2, 0.25) is 0 Å². The number of hydrogen-bond acceptors (Lipinski definition) is 10. The first-order valence-electron chi connectivity index (χ1n) is 20.0. The van der Waals surface area contributed by atoms with Crippen molar-refractivity contribution < 1.29 is 77.3 Å². The van der Waals surface area contributed by atoms with Gasteiger partial charge >= 0.3 is 41.5 Å². The van der Waals surface area contributed by atoms with E-state index in [1.165, 1.54) is 116 Å². The average molecular weight is 745 g/mol. The molecule has 0 spiro atoms. The van der Waals surface area contributed by atoms with Gasteiger partial charge in [0.25, 0.3) is 7.82 Å². The number of phosphoric ester groups is 1. The van der Waals surface area contributed by atoms with E-state index in [1.54, 1.807) is 0 Å². The molecule has 3 unspecified atom stereocenters. The SMILES string of the molecule is CCCCCCCCCCCCCCCC(=O)OCC(COP(=O)([O-])OCC(O)CO)OC(=O)CCCCCCCCCCCCCCC.[Na+]. The Morgan fingerprint density at radius 3 is 1.28 bits per heavy atom. The molecule has 12 heteroatoms. The minimum atomic E-state index is -4.85. The summed E-state index contributed by atoms with van der Waals surface area (Å²) in [5.74, 6) is -0.949. The molecule has 2 N–H and O–H groups in total. The Hall–Kier alpha value is -0.0300. The summed E-state index contributed by atoms with van der Waals surface area (Å²) in [6.07, 6.45) is 29.0. The molecule has 0 bridgehead atoms. The quantitative estimate of drug-likeness (QED) is 0.0321. The maximum atomic E-state index is 12.5. The summed E-state index contributed by atoms with van der Waals surface area (Å²) < 4.78 is 32.2. The third-order valence-corrected chi connectivity index (χ3v) is 9.68. The van der Waals surface area contributed by atoms with Crippen LogP contribution in [0.1, 0.15) is 194 Å². The summed E-state index contributed by atoms with van der Waals surface area (Å²) in [6.45, 7) is 2.21. The monoisotopic (exact) mass is 744 g/mol. The molecule has 0 rings (SSSR count). The molecule has 50 heavy (non-hydrogen) atoms. The van der Waals surface area contributed by atoms with E-state index >= 15 is 0 Å². The Bertz CT molecular complexity index is 804. The zero-order valence-corrected chi connectivity index (χ0v) is 35.3. The van der Waals surface area contributed by atoms with Gasteiger partial charge in [-0.15, -0.1) is 0 Å². The van der Waals surface area contributed by atoms with Gasteiger partial charge in [0.05, 0.1) is 19.8 Å². The van der Waals surface area contributed by atoms with Crippen LogP contribution in [0.25, 0.3) is 0 Å². The van der Waals surface area contributed by atoms with Crippen molar-refractivity contribution in [3.05, 3.63) is 0 Å². The predicted molar refractivity (Wildman–Crippen MR) is 194 cm³/mol. The Labute approximate surface area is 327 Å². The van der Waals surface area contributed by atoms with Crippen molar-refractivity contribution in [2.75, 3.05) is 26.4 Å². The van der Waals surface area contributed by atoms with Crippen molar-refractivity contribution in [1.29, 1.82) is 0 Å². The van der Waals surface area contributed by atoms with Crippen LogP contribution in [-0.4, -0.2) is 60.8 Å². The fourth-order valence-corrected chi connectivity index (χ4v) is 6.41. The van der Waals surface area contributed by atoms with Crippen LogP contribution in [0.4, 0.5) is 0 Å². The van der Waals surface area contributed by atoms with E-state index in [1.807, 2.05) is 0 Å². The fourth-order valence-electron chi connectivity index (χ4n) is 5.63. The molecular formula is C38H74NaO10P. The molecule has 3 atom stereocenters. The van der Waals surface area contributed by atoms with E-state index in [9.17, 15) is 24.2 Å². The van der Waals surface area contributed by atoms with Gasteiger partial charge in [-0.25, -0.2) is 0 Å². The fraction of sp³-hybridized carbons (Fsp3) is 0.947. The summed E-state index contributed by atoms with van der Waals surface area (Å²) >= 11 is 0. The van der Waals surface area contributed by atoms with Gasteiger partial charge < -0.3 is 33.6 Å². The number of phosphoric acid groups is 1. The van der Waals surface area contributed by atoms with Crippen molar-refractivity contribution in [3.63, 3.8) is 0 Å². The molecule has 0 aliphatic rings. The summed E-state index contributed by atoms with van der Waals surface area (Å²) in [5, 5.41) is 18.2. The first-order valence-corrected chi connectivity index (χ1v) is 21.4. The van der Waals surface area contributed by atoms with E-state index < -0.39 is 51.8 Å². The number of aliphatic hydroxyl groups excluding tert-OH is 2. The topological polar surface area (TPSA) is 152 Å². The zero-order chi connectivity index (χ0) is 36.3. The van der Waals surface area contributed by atoms with Crippen LogP contribution >= 0.6 is 7.82 Å². The third kappa shape index (κ3) is 37.7. The van der Waals surface area contributed by atoms with Crippen LogP contribution < -0.4 is 34.5 Å². The zero-order valence-electron chi connectivity index (χ0n) is 32.4. The Morgan fingerprint density at radius 1 is 0.560 bits per heavy atom. The van der Waals surface area contributed by atoms with Crippen LogP contribution in [0, 0.1) is 0 Å². The van der Waals surface area contributed by atoms with Crippen molar-refractivity contribution in [2.45, 2.75) is 206 Å². The summed E-state index contributed by atoms with van der Waals surface area (Å²) in [5.41, 5.74) is 0. The Kier molecular flexibility index (Phi) is 40.3. The minimum Gasteiger partial charge on any atom is -0.756 e. The van der Waals surface area contributed by atoms with Gasteiger partial charge in [-0.05, 0) is 12.8 Å². The standard InChI is InChI=1S/C38H75O10P.Na/c1-3-5-7-9-11-13-15-17-19-21-23-25-27-29-37(41)45-33-36(34-47-49(43,44)46-32-35(40)31-39)48-38(42)30-28-26-24-22-20-18-16-14-12-10-8-6-4-2;/h35-36,39-40H,3-34H2,1-2H3,(H,43,44);/q;+1/p-1. The number of rotatable bonds is 38. The van der Waals surface area contributed by atoms with Crippen molar-refractivity contribution >= 4 is 19.8 Å². The van der Waals surface area contributed by atoms with Crippen molar-refractivity contribution in [2.24, 2.45) is 0 Å². The summed E-state index contributed by atoms with van der Waals surface area (Å²) in [7, 11) is -4.85. The van der Waals surface area contributed by atoms with Crippen LogP contribution in [0.5, 0.6) is 0 Å². The molecule has 0 aromatic rings. The second-order valence-corrected chi connectivity index (χ2v) is 15.1. The first-order chi connectivity index (χ1) is 23.7. The number of carbonyl (C=O) groups is 2.